The summed E-state index contributed by atoms with van der Waals surface area (Å²) in [7, 11) is 0. The average molecular weight is 525 g/mol. The van der Waals surface area contributed by atoms with Crippen molar-refractivity contribution >= 4 is 5.97 Å². The minimum atomic E-state index is -0.182. The molecular weight excluding hydrogens is 468 g/mol. The minimum absolute atomic E-state index is 0.00162. The summed E-state index contributed by atoms with van der Waals surface area (Å²) in [5, 5.41) is 11.0. The molecule has 0 aromatic carbocycles. The van der Waals surface area contributed by atoms with E-state index in [1.807, 2.05) is 6.92 Å². The second-order valence-electron chi connectivity index (χ2n) is 15.7. The molecule has 0 aliphatic heterocycles. The van der Waals surface area contributed by atoms with Gasteiger partial charge in [-0.25, -0.2) is 4.79 Å². The SMILES string of the molecule is C=CC(C)[C@@H]1CC[C@]2(/C=C/C(=O)OCC)CC[C@]3(C)C(CCC4[C@@]5(C)CC[C@@H](O)C(C)(C)C5CC[C@]43C)C12. The number of aliphatic hydroxyl groups excluding tert-OH is 1. The van der Waals surface area contributed by atoms with E-state index in [1.165, 1.54) is 57.8 Å². The van der Waals surface area contributed by atoms with Crippen molar-refractivity contribution in [1.82, 2.24) is 0 Å². The lowest BCUT2D eigenvalue weighted by atomic mass is 9.32. The standard InChI is InChI=1S/C35H56O3/c1-9-23(3)24-13-19-35(20-16-29(37)38-10-2)22-21-33(7)25(30(24)35)11-12-27-32(6)17-15-28(36)31(4,5)26(32)14-18-34(27,33)8/h9,16,20,23-28,30,36H,1,10-15,17-19,21-22H2,2-8H3/b20-16+/t23?,24-,25?,26?,27?,28+,30?,32-,33+,34+,35-/m0/s1. The van der Waals surface area contributed by atoms with Crippen LogP contribution in [0.5, 0.6) is 0 Å². The molecule has 38 heavy (non-hydrogen) atoms. The van der Waals surface area contributed by atoms with Crippen LogP contribution in [-0.2, 0) is 9.53 Å². The monoisotopic (exact) mass is 524 g/mol. The first kappa shape index (κ1) is 28.4. The van der Waals surface area contributed by atoms with Crippen molar-refractivity contribution in [3.05, 3.63) is 24.8 Å². The fraction of sp³-hybridized carbons (Fsp3) is 0.857. The summed E-state index contributed by atoms with van der Waals surface area (Å²) in [5.74, 6) is 3.57. The molecule has 0 heterocycles. The number of carbonyl (C=O) groups is 1. The average Bonchev–Trinajstić information content (AvgIpc) is 3.25. The van der Waals surface area contributed by atoms with Crippen LogP contribution in [0.1, 0.15) is 113 Å². The van der Waals surface area contributed by atoms with Gasteiger partial charge in [0.2, 0.25) is 0 Å². The molecule has 0 bridgehead atoms. The first-order valence-corrected chi connectivity index (χ1v) is 16.0. The van der Waals surface area contributed by atoms with Gasteiger partial charge in [-0.2, -0.15) is 0 Å². The third kappa shape index (κ3) is 3.79. The van der Waals surface area contributed by atoms with Crippen molar-refractivity contribution in [2.45, 2.75) is 119 Å². The number of rotatable bonds is 5. The van der Waals surface area contributed by atoms with E-state index in [4.69, 9.17) is 4.74 Å². The number of hydrogen-bond acceptors (Lipinski definition) is 3. The van der Waals surface area contributed by atoms with Gasteiger partial charge in [0.05, 0.1) is 12.7 Å². The Hall–Kier alpha value is -1.09. The van der Waals surface area contributed by atoms with Crippen LogP contribution >= 0.6 is 0 Å². The van der Waals surface area contributed by atoms with Gasteiger partial charge in [-0.05, 0) is 134 Å². The molecule has 0 spiro atoms. The first-order chi connectivity index (χ1) is 17.8. The molecule has 5 aliphatic rings. The Labute approximate surface area is 233 Å². The number of allylic oxidation sites excluding steroid dienone is 2. The molecule has 1 N–H and O–H groups in total. The summed E-state index contributed by atoms with van der Waals surface area (Å²) in [6.45, 7) is 21.6. The molecule has 0 aromatic rings. The lowest BCUT2D eigenvalue weighted by molar-refractivity contribution is -0.246. The van der Waals surface area contributed by atoms with Crippen molar-refractivity contribution in [3.8, 4) is 0 Å². The highest BCUT2D eigenvalue weighted by atomic mass is 16.5. The molecule has 5 aliphatic carbocycles. The van der Waals surface area contributed by atoms with Crippen LogP contribution in [0.2, 0.25) is 0 Å². The number of ether oxygens (including phenoxy) is 1. The van der Waals surface area contributed by atoms with Crippen molar-refractivity contribution in [2.75, 3.05) is 6.61 Å². The second kappa shape index (κ2) is 9.49. The minimum Gasteiger partial charge on any atom is -0.463 e. The molecule has 0 radical (unpaired) electrons. The summed E-state index contributed by atoms with van der Waals surface area (Å²) in [5.41, 5.74) is 1.05. The quantitative estimate of drug-likeness (QED) is 0.223. The highest BCUT2D eigenvalue weighted by molar-refractivity contribution is 5.82. The van der Waals surface area contributed by atoms with Gasteiger partial charge in [-0.15, -0.1) is 6.58 Å². The topological polar surface area (TPSA) is 46.5 Å². The summed E-state index contributed by atoms with van der Waals surface area (Å²) >= 11 is 0. The smallest absolute Gasteiger partial charge is 0.330 e. The first-order valence-electron chi connectivity index (χ1n) is 16.0. The predicted octanol–water partition coefficient (Wildman–Crippen LogP) is 8.37. The Morgan fingerprint density at radius 3 is 2.37 bits per heavy atom. The van der Waals surface area contributed by atoms with Crippen LogP contribution in [-0.4, -0.2) is 23.8 Å². The van der Waals surface area contributed by atoms with Crippen molar-refractivity contribution in [2.24, 2.45) is 62.6 Å². The van der Waals surface area contributed by atoms with Gasteiger partial charge >= 0.3 is 5.97 Å². The fourth-order valence-corrected chi connectivity index (χ4v) is 12.2. The lowest BCUT2D eigenvalue weighted by Crippen LogP contribution is -2.66. The van der Waals surface area contributed by atoms with Gasteiger partial charge in [0, 0.05) is 6.08 Å². The van der Waals surface area contributed by atoms with Crippen molar-refractivity contribution in [3.63, 3.8) is 0 Å². The molecule has 0 aromatic heterocycles. The molecule has 0 saturated heterocycles. The van der Waals surface area contributed by atoms with E-state index >= 15 is 0 Å². The second-order valence-corrected chi connectivity index (χ2v) is 15.7. The van der Waals surface area contributed by atoms with E-state index < -0.39 is 0 Å². The third-order valence-electron chi connectivity index (χ3n) is 14.4. The van der Waals surface area contributed by atoms with E-state index in [-0.39, 0.29) is 22.9 Å². The molecule has 5 rings (SSSR count). The maximum atomic E-state index is 12.4. The van der Waals surface area contributed by atoms with Gasteiger partial charge in [0.1, 0.15) is 0 Å². The summed E-state index contributed by atoms with van der Waals surface area (Å²) in [6, 6.07) is 0. The van der Waals surface area contributed by atoms with Gasteiger partial charge in [0.15, 0.2) is 0 Å². The van der Waals surface area contributed by atoms with E-state index in [0.717, 1.165) is 12.3 Å². The summed E-state index contributed by atoms with van der Waals surface area (Å²) in [6.07, 6.45) is 18.3. The lowest BCUT2D eigenvalue weighted by Gasteiger charge is -2.73. The zero-order valence-corrected chi connectivity index (χ0v) is 25.5. The molecule has 3 nitrogen and oxygen atoms in total. The number of hydrogen-bond donors (Lipinski definition) is 1. The van der Waals surface area contributed by atoms with E-state index in [2.05, 4.69) is 60.3 Å². The van der Waals surface area contributed by atoms with Gasteiger partial charge in [-0.1, -0.05) is 53.7 Å². The molecule has 5 fully saturated rings. The van der Waals surface area contributed by atoms with E-state index in [9.17, 15) is 9.90 Å². The van der Waals surface area contributed by atoms with Crippen LogP contribution in [0.4, 0.5) is 0 Å². The van der Waals surface area contributed by atoms with E-state index in [0.29, 0.717) is 52.4 Å². The molecule has 3 heteroatoms. The van der Waals surface area contributed by atoms with Crippen molar-refractivity contribution < 1.29 is 14.6 Å². The molecule has 0 amide bonds. The predicted molar refractivity (Wildman–Crippen MR) is 155 cm³/mol. The van der Waals surface area contributed by atoms with Gasteiger partial charge in [0.25, 0.3) is 0 Å². The number of esters is 1. The highest BCUT2D eigenvalue weighted by Gasteiger charge is 2.70. The zero-order valence-electron chi connectivity index (χ0n) is 25.5. The maximum Gasteiger partial charge on any atom is 0.330 e. The molecule has 214 valence electrons. The molecule has 11 atom stereocenters. The van der Waals surface area contributed by atoms with Crippen LogP contribution in [0.15, 0.2) is 24.8 Å². The summed E-state index contributed by atoms with van der Waals surface area (Å²) < 4.78 is 5.31. The normalized spacial score (nSPS) is 50.3. The van der Waals surface area contributed by atoms with Gasteiger partial charge in [-0.3, -0.25) is 0 Å². The largest absolute Gasteiger partial charge is 0.463 e. The molecule has 5 unspecified atom stereocenters. The highest BCUT2D eigenvalue weighted by Crippen LogP contribution is 2.77. The number of aliphatic hydroxyl groups is 1. The summed E-state index contributed by atoms with van der Waals surface area (Å²) in [4.78, 5) is 12.4. The van der Waals surface area contributed by atoms with Crippen LogP contribution in [0, 0.1) is 62.6 Å². The third-order valence-corrected chi connectivity index (χ3v) is 14.4. The Morgan fingerprint density at radius 1 is 0.947 bits per heavy atom. The van der Waals surface area contributed by atoms with Crippen LogP contribution in [0.3, 0.4) is 0 Å². The Bertz CT molecular complexity index is 966. The Kier molecular flexibility index (Phi) is 7.10. The number of carbonyl (C=O) groups excluding carboxylic acids is 1. The Balaban J connectivity index is 1.53. The molecular formula is C35H56O3. The van der Waals surface area contributed by atoms with Gasteiger partial charge < -0.3 is 9.84 Å². The molecule has 5 saturated carbocycles. The maximum absolute atomic E-state index is 12.4. The number of fused-ring (bicyclic) bond motifs is 7. The van der Waals surface area contributed by atoms with Crippen molar-refractivity contribution in [1.29, 1.82) is 0 Å². The van der Waals surface area contributed by atoms with E-state index in [1.54, 1.807) is 6.08 Å². The Morgan fingerprint density at radius 2 is 1.68 bits per heavy atom. The fourth-order valence-electron chi connectivity index (χ4n) is 12.2. The van der Waals surface area contributed by atoms with Crippen LogP contribution < -0.4 is 0 Å². The zero-order chi connectivity index (χ0) is 27.7. The van der Waals surface area contributed by atoms with Crippen LogP contribution in [0.25, 0.3) is 0 Å².